The number of carbonyl (C=O) groups is 1. The lowest BCUT2D eigenvalue weighted by atomic mass is 10.2. The first-order valence-electron chi connectivity index (χ1n) is 3.55. The molecule has 0 aliphatic carbocycles. The molecule has 0 aliphatic heterocycles. The van der Waals surface area contributed by atoms with Crippen LogP contribution in [0.1, 0.15) is 12.5 Å². The van der Waals surface area contributed by atoms with Crippen LogP contribution in [0.4, 0.5) is 0 Å². The highest BCUT2D eigenvalue weighted by atomic mass is 79.9. The molecule has 1 aromatic rings. The van der Waals surface area contributed by atoms with Crippen LogP contribution in [0.25, 0.3) is 0 Å². The Morgan fingerprint density at radius 2 is 2.17 bits per heavy atom. The Labute approximate surface area is 79.7 Å². The highest BCUT2D eigenvalue weighted by Gasteiger charge is 2.05. The second kappa shape index (κ2) is 3.72. The van der Waals surface area contributed by atoms with Crippen molar-refractivity contribution < 1.29 is 9.53 Å². The van der Waals surface area contributed by atoms with Gasteiger partial charge >= 0.3 is 5.97 Å². The van der Waals surface area contributed by atoms with E-state index in [0.717, 1.165) is 10.0 Å². The number of carbonyl (C=O) groups excluding carboxylic acids is 1. The number of benzene rings is 1. The Morgan fingerprint density at radius 3 is 2.67 bits per heavy atom. The molecule has 12 heavy (non-hydrogen) atoms. The molecule has 0 unspecified atom stereocenters. The molecule has 0 aliphatic rings. The number of para-hydroxylation sites is 1. The lowest BCUT2D eigenvalue weighted by molar-refractivity contribution is -0.131. The molecule has 2 nitrogen and oxygen atoms in total. The van der Waals surface area contributed by atoms with Gasteiger partial charge in [-0.25, -0.2) is 0 Å². The van der Waals surface area contributed by atoms with Crippen molar-refractivity contribution in [1.82, 2.24) is 0 Å². The minimum Gasteiger partial charge on any atom is -0.425 e. The summed E-state index contributed by atoms with van der Waals surface area (Å²) in [4.78, 5) is 10.7. The van der Waals surface area contributed by atoms with Crippen LogP contribution in [0.15, 0.2) is 22.7 Å². The van der Waals surface area contributed by atoms with E-state index in [1.54, 1.807) is 0 Å². The first-order valence-corrected chi connectivity index (χ1v) is 4.34. The summed E-state index contributed by atoms with van der Waals surface area (Å²) >= 11 is 3.30. The Balaban J connectivity index is 3.04. The fourth-order valence-corrected chi connectivity index (χ4v) is 1.44. The number of ether oxygens (including phenoxy) is 1. The molecule has 1 aromatic carbocycles. The fraction of sp³-hybridized carbons (Fsp3) is 0.222. The summed E-state index contributed by atoms with van der Waals surface area (Å²) in [7, 11) is 0. The molecule has 0 heterocycles. The fourth-order valence-electron chi connectivity index (χ4n) is 0.890. The van der Waals surface area contributed by atoms with Crippen LogP contribution in [0.3, 0.4) is 0 Å². The van der Waals surface area contributed by atoms with E-state index < -0.39 is 0 Å². The summed E-state index contributed by atoms with van der Waals surface area (Å²) in [6.07, 6.45) is 0. The number of hydrogen-bond acceptors (Lipinski definition) is 2. The van der Waals surface area contributed by atoms with Crippen molar-refractivity contribution >= 4 is 21.9 Å². The van der Waals surface area contributed by atoms with Crippen LogP contribution < -0.4 is 4.74 Å². The Hall–Kier alpha value is -0.830. The van der Waals surface area contributed by atoms with E-state index in [9.17, 15) is 4.79 Å². The van der Waals surface area contributed by atoms with Crippen LogP contribution in [0.2, 0.25) is 0 Å². The second-order valence-electron chi connectivity index (χ2n) is 2.48. The van der Waals surface area contributed by atoms with Crippen molar-refractivity contribution in [2.75, 3.05) is 0 Å². The molecule has 0 N–H and O–H groups in total. The zero-order valence-electron chi connectivity index (χ0n) is 6.93. The Kier molecular flexibility index (Phi) is 2.87. The zero-order chi connectivity index (χ0) is 9.14. The van der Waals surface area contributed by atoms with E-state index in [0.29, 0.717) is 5.75 Å². The van der Waals surface area contributed by atoms with Crippen LogP contribution in [-0.4, -0.2) is 5.97 Å². The third-order valence-electron chi connectivity index (χ3n) is 1.41. The highest BCUT2D eigenvalue weighted by Crippen LogP contribution is 2.28. The molecule has 0 fully saturated rings. The van der Waals surface area contributed by atoms with E-state index in [4.69, 9.17) is 4.74 Å². The first kappa shape index (κ1) is 9.26. The molecule has 64 valence electrons. The van der Waals surface area contributed by atoms with Gasteiger partial charge in [0.1, 0.15) is 5.75 Å². The summed E-state index contributed by atoms with van der Waals surface area (Å²) in [5.74, 6) is 0.301. The molecule has 0 bridgehead atoms. The normalized spacial score (nSPS) is 9.58. The third-order valence-corrected chi connectivity index (χ3v) is 2.03. The second-order valence-corrected chi connectivity index (χ2v) is 3.33. The molecule has 0 atom stereocenters. The van der Waals surface area contributed by atoms with Crippen LogP contribution in [0, 0.1) is 6.92 Å². The molecule has 0 spiro atoms. The van der Waals surface area contributed by atoms with Crippen molar-refractivity contribution in [2.45, 2.75) is 13.8 Å². The van der Waals surface area contributed by atoms with Gasteiger partial charge in [-0.15, -0.1) is 0 Å². The monoisotopic (exact) mass is 228 g/mol. The van der Waals surface area contributed by atoms with Crippen molar-refractivity contribution in [1.29, 1.82) is 0 Å². The largest absolute Gasteiger partial charge is 0.425 e. The van der Waals surface area contributed by atoms with Gasteiger partial charge in [0, 0.05) is 6.92 Å². The van der Waals surface area contributed by atoms with Gasteiger partial charge in [0.05, 0.1) is 4.47 Å². The average molecular weight is 229 g/mol. The van der Waals surface area contributed by atoms with Gasteiger partial charge in [-0.2, -0.15) is 0 Å². The van der Waals surface area contributed by atoms with Crippen LogP contribution in [-0.2, 0) is 4.79 Å². The summed E-state index contributed by atoms with van der Waals surface area (Å²) in [5.41, 5.74) is 0.944. The van der Waals surface area contributed by atoms with Crippen molar-refractivity contribution in [3.63, 3.8) is 0 Å². The number of rotatable bonds is 1. The van der Waals surface area contributed by atoms with E-state index >= 15 is 0 Å². The maximum absolute atomic E-state index is 10.7. The van der Waals surface area contributed by atoms with E-state index in [-0.39, 0.29) is 5.97 Å². The van der Waals surface area contributed by atoms with Gasteiger partial charge in [0.25, 0.3) is 0 Å². The van der Waals surface area contributed by atoms with E-state index in [2.05, 4.69) is 15.9 Å². The van der Waals surface area contributed by atoms with Gasteiger partial charge in [0.2, 0.25) is 0 Å². The smallest absolute Gasteiger partial charge is 0.308 e. The number of esters is 1. The summed E-state index contributed by atoms with van der Waals surface area (Å²) in [6.45, 7) is 3.28. The minimum atomic E-state index is -0.301. The van der Waals surface area contributed by atoms with Gasteiger partial charge in [-0.1, -0.05) is 12.1 Å². The molecule has 0 saturated heterocycles. The summed E-state index contributed by atoms with van der Waals surface area (Å²) in [5, 5.41) is 0. The molecule has 0 aromatic heterocycles. The Bertz CT molecular complexity index is 287. The standard InChI is InChI=1S/C9H9BrO2/c1-6-4-3-5-8(10)9(6)12-7(2)11/h3-5H,1-2H3. The summed E-state index contributed by atoms with van der Waals surface area (Å²) < 4.78 is 5.79. The predicted molar refractivity (Wildman–Crippen MR) is 50.2 cm³/mol. The van der Waals surface area contributed by atoms with Gasteiger partial charge in [-0.3, -0.25) is 4.79 Å². The van der Waals surface area contributed by atoms with Crippen LogP contribution in [0.5, 0.6) is 5.75 Å². The zero-order valence-corrected chi connectivity index (χ0v) is 8.51. The number of halogens is 1. The number of aryl methyl sites for hydroxylation is 1. The predicted octanol–water partition coefficient (Wildman–Crippen LogP) is 2.68. The minimum absolute atomic E-state index is 0.301. The lowest BCUT2D eigenvalue weighted by Gasteiger charge is -2.06. The van der Waals surface area contributed by atoms with Crippen molar-refractivity contribution in [2.24, 2.45) is 0 Å². The quantitative estimate of drug-likeness (QED) is 0.546. The van der Waals surface area contributed by atoms with Gasteiger partial charge < -0.3 is 4.74 Å². The van der Waals surface area contributed by atoms with E-state index in [1.165, 1.54) is 6.92 Å². The lowest BCUT2D eigenvalue weighted by Crippen LogP contribution is -2.03. The van der Waals surface area contributed by atoms with Gasteiger partial charge in [0.15, 0.2) is 0 Å². The van der Waals surface area contributed by atoms with Gasteiger partial charge in [-0.05, 0) is 34.5 Å². The molecular formula is C9H9BrO2. The topological polar surface area (TPSA) is 26.3 Å². The maximum Gasteiger partial charge on any atom is 0.308 e. The first-order chi connectivity index (χ1) is 5.61. The SMILES string of the molecule is CC(=O)Oc1c(C)cccc1Br. The number of hydrogen-bond donors (Lipinski definition) is 0. The average Bonchev–Trinajstić information content (AvgIpc) is 1.97. The molecule has 1 rings (SSSR count). The van der Waals surface area contributed by atoms with Crippen molar-refractivity contribution in [3.8, 4) is 5.75 Å². The highest BCUT2D eigenvalue weighted by molar-refractivity contribution is 9.10. The molecule has 0 saturated carbocycles. The van der Waals surface area contributed by atoms with Crippen LogP contribution >= 0.6 is 15.9 Å². The molecular weight excluding hydrogens is 220 g/mol. The molecule has 0 amide bonds. The van der Waals surface area contributed by atoms with Crippen molar-refractivity contribution in [3.05, 3.63) is 28.2 Å². The molecule has 3 heteroatoms. The third kappa shape index (κ3) is 2.08. The summed E-state index contributed by atoms with van der Waals surface area (Å²) in [6, 6.07) is 5.63. The Morgan fingerprint density at radius 1 is 1.50 bits per heavy atom. The van der Waals surface area contributed by atoms with E-state index in [1.807, 2.05) is 25.1 Å². The maximum atomic E-state index is 10.7. The molecule has 0 radical (unpaired) electrons.